The number of amides is 2. The van der Waals surface area contributed by atoms with Crippen molar-refractivity contribution in [2.75, 3.05) is 18.0 Å². The summed E-state index contributed by atoms with van der Waals surface area (Å²) in [5.74, 6) is 7.31. The Balaban J connectivity index is 0.000000135. The van der Waals surface area contributed by atoms with Crippen LogP contribution in [0.25, 0.3) is 11.4 Å². The summed E-state index contributed by atoms with van der Waals surface area (Å²) in [5.41, 5.74) is 3.09. The minimum atomic E-state index is -0.0790. The summed E-state index contributed by atoms with van der Waals surface area (Å²) in [4.78, 5) is 28.7. The predicted molar refractivity (Wildman–Crippen MR) is 210 cm³/mol. The highest BCUT2D eigenvalue weighted by atomic mass is 35.5. The first-order valence-corrected chi connectivity index (χ1v) is 21.1. The number of nitrogens with zero attached hydrogens (tertiary/aromatic N) is 5. The molecule has 2 N–H and O–H groups in total. The number of rotatable bonds is 7. The molecule has 2 aromatic carbocycles. The number of hydrogen-bond acceptors (Lipinski definition) is 5. The van der Waals surface area contributed by atoms with Crippen molar-refractivity contribution in [3.63, 3.8) is 0 Å². The van der Waals surface area contributed by atoms with Crippen LogP contribution in [0.15, 0.2) is 73.1 Å². The van der Waals surface area contributed by atoms with Gasteiger partial charge in [0.25, 0.3) is 11.8 Å². The Bertz CT molecular complexity index is 1930. The van der Waals surface area contributed by atoms with Gasteiger partial charge in [0.15, 0.2) is 0 Å². The van der Waals surface area contributed by atoms with Crippen molar-refractivity contribution in [2.24, 2.45) is 47.3 Å². The number of hydrogen-bond donors (Lipinski definition) is 2. The van der Waals surface area contributed by atoms with E-state index < -0.39 is 0 Å². The number of halogens is 1. The van der Waals surface area contributed by atoms with E-state index in [4.69, 9.17) is 11.6 Å². The second kappa shape index (κ2) is 14.2. The number of anilines is 1. The number of carbonyl (C=O) groups is 2. The molecule has 54 heavy (non-hydrogen) atoms. The standard InChI is InChI=1S/C24H30N4O.C20H22ClN3O/c29-23(26-22-18-11-16-10-17(13-18)14-19(22)12-16)21-15-25-28(20-6-2-1-3-7-20)24(21)27-8-4-5-9-27;21-19-17(11-22-24(19)16-4-2-1-3-5-16)20(25)23-18-14-7-12-6-13(9-14)10-15(18)8-12/h1-3,6-7,15-19,22H,4-5,8-14H2,(H,26,29);1-5,11-15,18H,6-10H2,(H,23,25). The van der Waals surface area contributed by atoms with Crippen LogP contribution in [-0.4, -0.2) is 56.5 Å². The zero-order chi connectivity index (χ0) is 36.3. The molecular weight excluding hydrogens is 694 g/mol. The summed E-state index contributed by atoms with van der Waals surface area (Å²) in [5, 5.41) is 16.1. The summed E-state index contributed by atoms with van der Waals surface area (Å²) in [6, 6.07) is 20.5. The van der Waals surface area contributed by atoms with Gasteiger partial charge >= 0.3 is 0 Å². The lowest BCUT2D eigenvalue weighted by atomic mass is 9.54. The lowest BCUT2D eigenvalue weighted by Gasteiger charge is -2.54. The SMILES string of the molecule is O=C(NC1C2CC3CC(C2)CC1C3)c1cnn(-c2ccccc2)c1Cl.O=C(NC1C2CC3CC(C2)CC1C3)c1cnn(-c2ccccc2)c1N1CCCC1. The molecule has 8 bridgehead atoms. The molecule has 282 valence electrons. The van der Waals surface area contributed by atoms with Crippen molar-refractivity contribution in [3.8, 4) is 11.4 Å². The fourth-order valence-electron chi connectivity index (χ4n) is 12.5. The van der Waals surface area contributed by atoms with Gasteiger partial charge in [0.2, 0.25) is 0 Å². The zero-order valence-corrected chi connectivity index (χ0v) is 31.8. The van der Waals surface area contributed by atoms with Crippen molar-refractivity contribution >= 4 is 29.2 Å². The summed E-state index contributed by atoms with van der Waals surface area (Å²) in [6.07, 6.45) is 19.0. The molecule has 0 radical (unpaired) electrons. The van der Waals surface area contributed by atoms with E-state index in [2.05, 4.69) is 37.9 Å². The molecule has 13 rings (SSSR count). The second-order valence-electron chi connectivity index (χ2n) is 17.8. The van der Waals surface area contributed by atoms with Crippen LogP contribution < -0.4 is 15.5 Å². The third-order valence-electron chi connectivity index (χ3n) is 14.4. The molecule has 0 atom stereocenters. The van der Waals surface area contributed by atoms with Crippen molar-refractivity contribution < 1.29 is 9.59 Å². The van der Waals surface area contributed by atoms with E-state index in [1.165, 1.54) is 77.0 Å². The highest BCUT2D eigenvalue weighted by Gasteiger charge is 2.50. The van der Waals surface area contributed by atoms with Gasteiger partial charge in [-0.1, -0.05) is 48.0 Å². The smallest absolute Gasteiger partial charge is 0.256 e. The van der Waals surface area contributed by atoms with Crippen LogP contribution >= 0.6 is 11.6 Å². The molecule has 10 heteroatoms. The zero-order valence-electron chi connectivity index (χ0n) is 31.0. The van der Waals surface area contributed by atoms with Gasteiger partial charge in [0.1, 0.15) is 16.5 Å². The van der Waals surface area contributed by atoms with Crippen LogP contribution in [0.5, 0.6) is 0 Å². The molecule has 1 aliphatic heterocycles. The maximum absolute atomic E-state index is 13.5. The van der Waals surface area contributed by atoms with Crippen LogP contribution in [-0.2, 0) is 0 Å². The molecule has 9 aliphatic rings. The lowest BCUT2D eigenvalue weighted by molar-refractivity contribution is -0.0119. The number of carbonyl (C=O) groups excluding carboxylic acids is 2. The monoisotopic (exact) mass is 745 g/mol. The number of para-hydroxylation sites is 2. The van der Waals surface area contributed by atoms with Crippen LogP contribution in [0.3, 0.4) is 0 Å². The Morgan fingerprint density at radius 1 is 0.556 bits per heavy atom. The van der Waals surface area contributed by atoms with Crippen molar-refractivity contribution in [3.05, 3.63) is 89.3 Å². The van der Waals surface area contributed by atoms with Gasteiger partial charge in [0, 0.05) is 25.2 Å². The van der Waals surface area contributed by atoms with Gasteiger partial charge in [-0.25, -0.2) is 9.36 Å². The maximum atomic E-state index is 13.5. The first kappa shape index (κ1) is 34.4. The fourth-order valence-corrected chi connectivity index (χ4v) is 12.8. The summed E-state index contributed by atoms with van der Waals surface area (Å²) in [6.45, 7) is 1.99. The van der Waals surface area contributed by atoms with E-state index in [1.54, 1.807) is 17.1 Å². The summed E-state index contributed by atoms with van der Waals surface area (Å²) in [7, 11) is 0. The van der Waals surface area contributed by atoms with Gasteiger partial charge in [-0.15, -0.1) is 0 Å². The van der Waals surface area contributed by atoms with Crippen molar-refractivity contribution in [1.82, 2.24) is 30.2 Å². The molecule has 3 heterocycles. The van der Waals surface area contributed by atoms with Crippen LogP contribution in [0.4, 0.5) is 5.82 Å². The van der Waals surface area contributed by atoms with Crippen LogP contribution in [0.1, 0.15) is 97.8 Å². The van der Waals surface area contributed by atoms with Gasteiger partial charge in [-0.2, -0.15) is 10.2 Å². The number of aromatic nitrogens is 4. The Morgan fingerprint density at radius 2 is 0.963 bits per heavy atom. The molecule has 2 amide bonds. The first-order valence-electron chi connectivity index (χ1n) is 20.7. The van der Waals surface area contributed by atoms with E-state index in [0.29, 0.717) is 46.5 Å². The normalized spacial score (nSPS) is 32.7. The molecule has 9 fully saturated rings. The average Bonchev–Trinajstić information content (AvgIpc) is 3.95. The average molecular weight is 746 g/mol. The summed E-state index contributed by atoms with van der Waals surface area (Å²) >= 11 is 6.46. The third kappa shape index (κ3) is 6.34. The van der Waals surface area contributed by atoms with E-state index in [9.17, 15) is 9.59 Å². The lowest BCUT2D eigenvalue weighted by Crippen LogP contribution is -2.55. The molecule has 0 unspecified atom stereocenters. The highest BCUT2D eigenvalue weighted by molar-refractivity contribution is 6.33. The van der Waals surface area contributed by atoms with Gasteiger partial charge in [0.05, 0.1) is 29.3 Å². The molecule has 8 saturated carbocycles. The molecule has 8 aliphatic carbocycles. The first-order chi connectivity index (χ1) is 26.4. The Morgan fingerprint density at radius 3 is 1.44 bits per heavy atom. The van der Waals surface area contributed by atoms with Crippen LogP contribution in [0, 0.1) is 47.3 Å². The largest absolute Gasteiger partial charge is 0.356 e. The highest BCUT2D eigenvalue weighted by Crippen LogP contribution is 2.55. The van der Waals surface area contributed by atoms with E-state index in [1.807, 2.05) is 53.2 Å². The van der Waals surface area contributed by atoms with Gasteiger partial charge < -0.3 is 15.5 Å². The van der Waals surface area contributed by atoms with E-state index >= 15 is 0 Å². The second-order valence-corrected chi connectivity index (χ2v) is 18.1. The Hall–Kier alpha value is -4.11. The molecular formula is C44H52ClN7O2. The third-order valence-corrected chi connectivity index (χ3v) is 14.8. The Labute approximate surface area is 323 Å². The molecule has 2 aromatic heterocycles. The predicted octanol–water partition coefficient (Wildman–Crippen LogP) is 8.11. The minimum Gasteiger partial charge on any atom is -0.356 e. The minimum absolute atomic E-state index is 0.0755. The van der Waals surface area contributed by atoms with E-state index in [-0.39, 0.29) is 11.8 Å². The van der Waals surface area contributed by atoms with Crippen molar-refractivity contribution in [2.45, 2.75) is 89.1 Å². The molecule has 0 spiro atoms. The topological polar surface area (TPSA) is 97.1 Å². The molecule has 4 aromatic rings. The number of nitrogens with one attached hydrogen (secondary N) is 2. The maximum Gasteiger partial charge on any atom is 0.256 e. The molecule has 9 nitrogen and oxygen atoms in total. The van der Waals surface area contributed by atoms with Gasteiger partial charge in [-0.3, -0.25) is 9.59 Å². The van der Waals surface area contributed by atoms with Gasteiger partial charge in [-0.05, 0) is 149 Å². The Kier molecular flexibility index (Phi) is 9.04. The molecule has 1 saturated heterocycles. The number of benzene rings is 2. The van der Waals surface area contributed by atoms with Crippen LogP contribution in [0.2, 0.25) is 5.15 Å². The van der Waals surface area contributed by atoms with E-state index in [0.717, 1.165) is 59.5 Å². The summed E-state index contributed by atoms with van der Waals surface area (Å²) < 4.78 is 3.57. The fraction of sp³-hybridized carbons (Fsp3) is 0.545. The quantitative estimate of drug-likeness (QED) is 0.199. The van der Waals surface area contributed by atoms with Crippen molar-refractivity contribution in [1.29, 1.82) is 0 Å².